The lowest BCUT2D eigenvalue weighted by atomic mass is 9.92. The van der Waals surface area contributed by atoms with Gasteiger partial charge in [0.1, 0.15) is 6.10 Å². The number of amides is 1. The van der Waals surface area contributed by atoms with E-state index in [9.17, 15) is 4.79 Å². The summed E-state index contributed by atoms with van der Waals surface area (Å²) >= 11 is 9.18. The molecule has 0 aliphatic carbocycles. The Labute approximate surface area is 126 Å². The van der Waals surface area contributed by atoms with Crippen LogP contribution in [0.5, 0.6) is 5.88 Å². The Morgan fingerprint density at radius 3 is 2.89 bits per heavy atom. The van der Waals surface area contributed by atoms with Gasteiger partial charge in [0.25, 0.3) is 0 Å². The Bertz CT molecular complexity index is 475. The van der Waals surface area contributed by atoms with Crippen molar-refractivity contribution in [1.29, 1.82) is 0 Å². The van der Waals surface area contributed by atoms with Crippen LogP contribution in [0.1, 0.15) is 13.8 Å². The zero-order chi connectivity index (χ0) is 14.0. The molecule has 0 spiro atoms. The highest BCUT2D eigenvalue weighted by Gasteiger charge is 2.39. The van der Waals surface area contributed by atoms with Gasteiger partial charge in [0, 0.05) is 12.1 Å². The molecule has 1 aromatic heterocycles. The van der Waals surface area contributed by atoms with Crippen LogP contribution in [0.25, 0.3) is 0 Å². The van der Waals surface area contributed by atoms with Gasteiger partial charge in [-0.15, -0.1) is 11.6 Å². The minimum atomic E-state index is -0.516. The molecule has 2 heterocycles. The predicted octanol–water partition coefficient (Wildman–Crippen LogP) is 2.70. The van der Waals surface area contributed by atoms with Crippen molar-refractivity contribution in [3.8, 4) is 5.88 Å². The molecule has 1 aliphatic heterocycles. The Kier molecular flexibility index (Phi) is 4.36. The number of rotatable bonds is 4. The molecule has 0 aromatic carbocycles. The third kappa shape index (κ3) is 3.20. The van der Waals surface area contributed by atoms with Gasteiger partial charge in [0.15, 0.2) is 0 Å². The summed E-state index contributed by atoms with van der Waals surface area (Å²) in [4.78, 5) is 18.0. The fraction of sp³-hybridized carbons (Fsp3) is 0.538. The average Bonchev–Trinajstić information content (AvgIpc) is 2.34. The topological polar surface area (TPSA) is 42.4 Å². The number of likely N-dealkylation sites (tertiary alicyclic amines) is 1. The van der Waals surface area contributed by atoms with Crippen molar-refractivity contribution in [3.05, 3.63) is 22.8 Å². The van der Waals surface area contributed by atoms with Gasteiger partial charge in [0.05, 0.1) is 23.0 Å². The van der Waals surface area contributed by atoms with Crippen molar-refractivity contribution in [3.63, 3.8) is 0 Å². The van der Waals surface area contributed by atoms with Crippen LogP contribution in [0.15, 0.2) is 22.8 Å². The molecule has 1 aliphatic rings. The minimum Gasteiger partial charge on any atom is -0.470 e. The maximum atomic E-state index is 12.1. The van der Waals surface area contributed by atoms with E-state index in [1.807, 2.05) is 26.0 Å². The highest BCUT2D eigenvalue weighted by Crippen LogP contribution is 2.27. The van der Waals surface area contributed by atoms with E-state index in [4.69, 9.17) is 16.3 Å². The van der Waals surface area contributed by atoms with Crippen LogP contribution in [0.4, 0.5) is 0 Å². The smallest absolute Gasteiger partial charge is 0.229 e. The molecule has 1 aromatic rings. The normalized spacial score (nSPS) is 16.1. The van der Waals surface area contributed by atoms with Crippen molar-refractivity contribution in [2.75, 3.05) is 19.0 Å². The SMILES string of the molecule is CC(C)(CCl)C(=O)N1CC(Oc2ncccc2Br)C1. The van der Waals surface area contributed by atoms with Crippen LogP contribution < -0.4 is 4.74 Å². The van der Waals surface area contributed by atoms with Gasteiger partial charge in [-0.25, -0.2) is 4.98 Å². The molecule has 0 saturated carbocycles. The lowest BCUT2D eigenvalue weighted by molar-refractivity contribution is -0.148. The van der Waals surface area contributed by atoms with Gasteiger partial charge in [-0.05, 0) is 41.9 Å². The number of alkyl halides is 1. The molecule has 2 rings (SSSR count). The van der Waals surface area contributed by atoms with Crippen molar-refractivity contribution in [2.45, 2.75) is 20.0 Å². The minimum absolute atomic E-state index is 0.00118. The average molecular weight is 348 g/mol. The van der Waals surface area contributed by atoms with E-state index < -0.39 is 5.41 Å². The number of halogens is 2. The number of ether oxygens (including phenoxy) is 1. The van der Waals surface area contributed by atoms with Gasteiger partial charge < -0.3 is 9.64 Å². The van der Waals surface area contributed by atoms with Crippen molar-refractivity contribution in [1.82, 2.24) is 9.88 Å². The quantitative estimate of drug-likeness (QED) is 0.787. The number of hydrogen-bond donors (Lipinski definition) is 0. The van der Waals surface area contributed by atoms with E-state index in [2.05, 4.69) is 20.9 Å². The largest absolute Gasteiger partial charge is 0.470 e. The van der Waals surface area contributed by atoms with Crippen LogP contribution in [0, 0.1) is 5.41 Å². The first kappa shape index (κ1) is 14.6. The third-order valence-corrected chi connectivity index (χ3v) is 4.32. The lowest BCUT2D eigenvalue weighted by Crippen LogP contribution is -2.59. The summed E-state index contributed by atoms with van der Waals surface area (Å²) in [6, 6.07) is 3.71. The Balaban J connectivity index is 1.87. The highest BCUT2D eigenvalue weighted by atomic mass is 79.9. The van der Waals surface area contributed by atoms with E-state index >= 15 is 0 Å². The molecule has 104 valence electrons. The third-order valence-electron chi connectivity index (χ3n) is 3.05. The van der Waals surface area contributed by atoms with E-state index in [1.165, 1.54) is 0 Å². The monoisotopic (exact) mass is 346 g/mol. The first-order chi connectivity index (χ1) is 8.94. The Morgan fingerprint density at radius 1 is 1.63 bits per heavy atom. The molecular weight excluding hydrogens is 332 g/mol. The van der Waals surface area contributed by atoms with Crippen LogP contribution in [0.3, 0.4) is 0 Å². The van der Waals surface area contributed by atoms with Gasteiger partial charge in [0.2, 0.25) is 11.8 Å². The maximum absolute atomic E-state index is 12.1. The second kappa shape index (κ2) is 5.67. The molecule has 0 N–H and O–H groups in total. The summed E-state index contributed by atoms with van der Waals surface area (Å²) in [5.41, 5.74) is -0.516. The predicted molar refractivity (Wildman–Crippen MR) is 77.4 cm³/mol. The molecule has 0 unspecified atom stereocenters. The fourth-order valence-electron chi connectivity index (χ4n) is 1.78. The van der Waals surface area contributed by atoms with Crippen LogP contribution in [-0.2, 0) is 4.79 Å². The van der Waals surface area contributed by atoms with Gasteiger partial charge in [-0.1, -0.05) is 0 Å². The van der Waals surface area contributed by atoms with Gasteiger partial charge in [-0.3, -0.25) is 4.79 Å². The summed E-state index contributed by atoms with van der Waals surface area (Å²) in [7, 11) is 0. The van der Waals surface area contributed by atoms with E-state index in [0.29, 0.717) is 24.8 Å². The molecule has 0 bridgehead atoms. The molecule has 1 fully saturated rings. The molecular formula is C13H16BrClN2O2. The number of carbonyl (C=O) groups excluding carboxylic acids is 1. The highest BCUT2D eigenvalue weighted by molar-refractivity contribution is 9.10. The van der Waals surface area contributed by atoms with E-state index in [-0.39, 0.29) is 12.0 Å². The Hall–Kier alpha value is -0.810. The van der Waals surface area contributed by atoms with Crippen molar-refractivity contribution < 1.29 is 9.53 Å². The molecule has 19 heavy (non-hydrogen) atoms. The molecule has 6 heteroatoms. The summed E-state index contributed by atoms with van der Waals surface area (Å²) in [5.74, 6) is 0.957. The number of carbonyl (C=O) groups is 1. The molecule has 0 radical (unpaired) electrons. The second-order valence-electron chi connectivity index (χ2n) is 5.26. The molecule has 1 amide bonds. The van der Waals surface area contributed by atoms with Crippen LogP contribution in [-0.4, -0.2) is 40.9 Å². The summed E-state index contributed by atoms with van der Waals surface area (Å²) in [6.45, 7) is 4.88. The zero-order valence-electron chi connectivity index (χ0n) is 10.9. The number of aromatic nitrogens is 1. The zero-order valence-corrected chi connectivity index (χ0v) is 13.2. The van der Waals surface area contributed by atoms with Crippen molar-refractivity contribution >= 4 is 33.4 Å². The van der Waals surface area contributed by atoms with Crippen LogP contribution in [0.2, 0.25) is 0 Å². The molecule has 4 nitrogen and oxygen atoms in total. The summed E-state index contributed by atoms with van der Waals surface area (Å²) < 4.78 is 6.54. The van der Waals surface area contributed by atoms with Gasteiger partial charge >= 0.3 is 0 Å². The number of pyridine rings is 1. The number of nitrogens with zero attached hydrogens (tertiary/aromatic N) is 2. The Morgan fingerprint density at radius 2 is 2.32 bits per heavy atom. The van der Waals surface area contributed by atoms with Crippen molar-refractivity contribution in [2.24, 2.45) is 5.41 Å². The van der Waals surface area contributed by atoms with E-state index in [0.717, 1.165) is 4.47 Å². The van der Waals surface area contributed by atoms with Gasteiger partial charge in [-0.2, -0.15) is 0 Å². The van der Waals surface area contributed by atoms with Crippen LogP contribution >= 0.6 is 27.5 Å². The summed E-state index contributed by atoms with van der Waals surface area (Å²) in [5, 5.41) is 0. The first-order valence-electron chi connectivity index (χ1n) is 6.06. The summed E-state index contributed by atoms with van der Waals surface area (Å²) in [6.07, 6.45) is 1.68. The standard InChI is InChI=1S/C13H16BrClN2O2/c1-13(2,8-15)12(18)17-6-9(7-17)19-11-10(14)4-3-5-16-11/h3-5,9H,6-8H2,1-2H3. The molecule has 1 saturated heterocycles. The second-order valence-corrected chi connectivity index (χ2v) is 6.38. The number of hydrogen-bond acceptors (Lipinski definition) is 3. The first-order valence-corrected chi connectivity index (χ1v) is 7.39. The fourth-order valence-corrected chi connectivity index (χ4v) is 2.24. The lowest BCUT2D eigenvalue weighted by Gasteiger charge is -2.42. The maximum Gasteiger partial charge on any atom is 0.229 e. The molecule has 0 atom stereocenters. The van der Waals surface area contributed by atoms with E-state index in [1.54, 1.807) is 11.1 Å².